The minimum absolute atomic E-state index is 0.000803. The van der Waals surface area contributed by atoms with Gasteiger partial charge in [0, 0.05) is 17.8 Å². The number of benzene rings is 1. The summed E-state index contributed by atoms with van der Waals surface area (Å²) in [6, 6.07) is 9.78. The number of halogens is 1. The summed E-state index contributed by atoms with van der Waals surface area (Å²) in [5, 5.41) is 10.9. The van der Waals surface area contributed by atoms with Gasteiger partial charge in [-0.25, -0.2) is 0 Å². The van der Waals surface area contributed by atoms with E-state index in [0.717, 1.165) is 5.69 Å². The average Bonchev–Trinajstić information content (AvgIpc) is 2.35. The second kappa shape index (κ2) is 5.36. The van der Waals surface area contributed by atoms with Crippen molar-refractivity contribution in [3.8, 4) is 0 Å². The van der Waals surface area contributed by atoms with Gasteiger partial charge in [0.2, 0.25) is 0 Å². The van der Waals surface area contributed by atoms with Crippen LogP contribution >= 0.6 is 15.9 Å². The number of nitro benzene ring substituents is 1. The Morgan fingerprint density at radius 3 is 2.58 bits per heavy atom. The number of nitro groups is 1. The molecule has 0 saturated carbocycles. The van der Waals surface area contributed by atoms with Crippen LogP contribution in [0, 0.1) is 17.0 Å². The van der Waals surface area contributed by atoms with Gasteiger partial charge in [-0.3, -0.25) is 14.9 Å². The second-order valence-electron chi connectivity index (χ2n) is 4.10. The number of aromatic nitrogens is 1. The molecule has 0 unspecified atom stereocenters. The summed E-state index contributed by atoms with van der Waals surface area (Å²) in [6.45, 7) is 2.13. The predicted molar refractivity (Wildman–Crippen MR) is 75.3 cm³/mol. The fourth-order valence-corrected chi connectivity index (χ4v) is 2.36. The van der Waals surface area contributed by atoms with E-state index in [-0.39, 0.29) is 11.2 Å². The molecule has 2 aromatic rings. The van der Waals surface area contributed by atoms with Crippen molar-refractivity contribution in [2.45, 2.75) is 13.5 Å². The normalized spacial score (nSPS) is 10.4. The number of hydrogen-bond acceptors (Lipinski definition) is 3. The molecule has 0 radical (unpaired) electrons. The molecule has 0 spiro atoms. The van der Waals surface area contributed by atoms with Crippen LogP contribution in [-0.2, 0) is 6.54 Å². The first-order valence-electron chi connectivity index (χ1n) is 5.59. The molecular formula is C13H11BrN2O3. The lowest BCUT2D eigenvalue weighted by Crippen LogP contribution is -2.21. The molecule has 1 aromatic carbocycles. The average molecular weight is 323 g/mol. The molecule has 0 aliphatic heterocycles. The minimum atomic E-state index is -0.450. The molecule has 6 heteroatoms. The first kappa shape index (κ1) is 13.5. The lowest BCUT2D eigenvalue weighted by Gasteiger charge is -2.10. The van der Waals surface area contributed by atoms with E-state index >= 15 is 0 Å². The van der Waals surface area contributed by atoms with Gasteiger partial charge >= 0.3 is 0 Å². The topological polar surface area (TPSA) is 65.1 Å². The predicted octanol–water partition coefficient (Wildman–Crippen LogP) is 2.88. The van der Waals surface area contributed by atoms with Gasteiger partial charge in [-0.2, -0.15) is 0 Å². The maximum absolute atomic E-state index is 11.8. The van der Waals surface area contributed by atoms with Crippen LogP contribution in [-0.4, -0.2) is 9.49 Å². The Hall–Kier alpha value is -1.95. The zero-order chi connectivity index (χ0) is 14.0. The van der Waals surface area contributed by atoms with Crippen molar-refractivity contribution >= 4 is 21.6 Å². The van der Waals surface area contributed by atoms with E-state index in [2.05, 4.69) is 15.9 Å². The van der Waals surface area contributed by atoms with Crippen LogP contribution in [0.2, 0.25) is 0 Å². The molecule has 0 bridgehead atoms. The second-order valence-corrected chi connectivity index (χ2v) is 4.89. The van der Waals surface area contributed by atoms with Gasteiger partial charge in [-0.1, -0.05) is 18.2 Å². The van der Waals surface area contributed by atoms with Crippen LogP contribution in [0.1, 0.15) is 11.3 Å². The SMILES string of the molecule is Cc1cccc(=O)n1Cc1cccc([N+](=O)[O-])c1Br. The summed E-state index contributed by atoms with van der Waals surface area (Å²) in [5.74, 6) is 0. The van der Waals surface area contributed by atoms with Crippen LogP contribution < -0.4 is 5.56 Å². The van der Waals surface area contributed by atoms with Gasteiger partial charge in [-0.05, 0) is 34.5 Å². The standard InChI is InChI=1S/C13H11BrN2O3/c1-9-4-2-7-12(17)15(9)8-10-5-3-6-11(13(10)14)16(18)19/h2-7H,8H2,1H3. The zero-order valence-corrected chi connectivity index (χ0v) is 11.8. The van der Waals surface area contributed by atoms with Crippen molar-refractivity contribution < 1.29 is 4.92 Å². The van der Waals surface area contributed by atoms with E-state index in [0.29, 0.717) is 16.6 Å². The van der Waals surface area contributed by atoms with E-state index < -0.39 is 4.92 Å². The molecule has 0 aliphatic rings. The van der Waals surface area contributed by atoms with E-state index in [1.807, 2.05) is 13.0 Å². The fourth-order valence-electron chi connectivity index (χ4n) is 1.83. The molecule has 1 heterocycles. The number of nitrogens with zero attached hydrogens (tertiary/aromatic N) is 2. The van der Waals surface area contributed by atoms with Gasteiger partial charge in [0.25, 0.3) is 11.2 Å². The lowest BCUT2D eigenvalue weighted by atomic mass is 10.2. The molecule has 98 valence electrons. The summed E-state index contributed by atoms with van der Waals surface area (Å²) in [4.78, 5) is 22.2. The van der Waals surface area contributed by atoms with Crippen LogP contribution in [0.15, 0.2) is 45.7 Å². The molecule has 0 saturated heterocycles. The molecule has 0 atom stereocenters. The number of pyridine rings is 1. The quantitative estimate of drug-likeness (QED) is 0.644. The molecule has 0 aliphatic carbocycles. The molecule has 2 rings (SSSR count). The Morgan fingerprint density at radius 2 is 1.95 bits per heavy atom. The highest BCUT2D eigenvalue weighted by Gasteiger charge is 2.15. The van der Waals surface area contributed by atoms with Crippen LogP contribution in [0.5, 0.6) is 0 Å². The third-order valence-electron chi connectivity index (χ3n) is 2.85. The first-order valence-corrected chi connectivity index (χ1v) is 6.38. The number of rotatable bonds is 3. The molecule has 19 heavy (non-hydrogen) atoms. The number of aryl methyl sites for hydroxylation is 1. The Bertz CT molecular complexity index is 695. The highest BCUT2D eigenvalue weighted by molar-refractivity contribution is 9.10. The van der Waals surface area contributed by atoms with Gasteiger partial charge in [0.1, 0.15) is 4.47 Å². The van der Waals surface area contributed by atoms with Crippen LogP contribution in [0.3, 0.4) is 0 Å². The summed E-state index contributed by atoms with van der Waals surface area (Å²) < 4.78 is 1.99. The van der Waals surface area contributed by atoms with Crippen molar-refractivity contribution in [3.63, 3.8) is 0 Å². The summed E-state index contributed by atoms with van der Waals surface area (Å²) in [6.07, 6.45) is 0. The maximum atomic E-state index is 11.8. The molecule has 0 fully saturated rings. The summed E-state index contributed by atoms with van der Waals surface area (Å²) in [7, 11) is 0. The molecule has 1 aromatic heterocycles. The zero-order valence-electron chi connectivity index (χ0n) is 10.2. The summed E-state index contributed by atoms with van der Waals surface area (Å²) in [5.41, 5.74) is 1.38. The molecule has 5 nitrogen and oxygen atoms in total. The van der Waals surface area contributed by atoms with Crippen molar-refractivity contribution in [3.05, 3.63) is 72.6 Å². The third-order valence-corrected chi connectivity index (χ3v) is 3.77. The van der Waals surface area contributed by atoms with Crippen molar-refractivity contribution in [2.24, 2.45) is 0 Å². The largest absolute Gasteiger partial charge is 0.308 e. The monoisotopic (exact) mass is 322 g/mol. The highest BCUT2D eigenvalue weighted by Crippen LogP contribution is 2.28. The highest BCUT2D eigenvalue weighted by atomic mass is 79.9. The third kappa shape index (κ3) is 2.73. The molecular weight excluding hydrogens is 312 g/mol. The van der Waals surface area contributed by atoms with E-state index in [1.54, 1.807) is 22.8 Å². The minimum Gasteiger partial charge on any atom is -0.308 e. The number of hydrogen-bond donors (Lipinski definition) is 0. The van der Waals surface area contributed by atoms with Gasteiger partial charge in [0.05, 0.1) is 11.5 Å². The van der Waals surface area contributed by atoms with Crippen molar-refractivity contribution in [2.75, 3.05) is 0 Å². The van der Waals surface area contributed by atoms with Crippen molar-refractivity contribution in [1.29, 1.82) is 0 Å². The van der Waals surface area contributed by atoms with E-state index in [4.69, 9.17) is 0 Å². The van der Waals surface area contributed by atoms with Gasteiger partial charge in [0.15, 0.2) is 0 Å². The molecule has 0 amide bonds. The van der Waals surface area contributed by atoms with Crippen molar-refractivity contribution in [1.82, 2.24) is 4.57 Å². The van der Waals surface area contributed by atoms with Gasteiger partial charge in [-0.15, -0.1) is 0 Å². The van der Waals surface area contributed by atoms with E-state index in [1.165, 1.54) is 12.1 Å². The molecule has 0 N–H and O–H groups in total. The smallest absolute Gasteiger partial charge is 0.283 e. The van der Waals surface area contributed by atoms with Crippen LogP contribution in [0.25, 0.3) is 0 Å². The first-order chi connectivity index (χ1) is 9.00. The lowest BCUT2D eigenvalue weighted by molar-refractivity contribution is -0.385. The Morgan fingerprint density at radius 1 is 1.26 bits per heavy atom. The Balaban J connectivity index is 2.48. The summed E-state index contributed by atoms with van der Waals surface area (Å²) >= 11 is 3.23. The van der Waals surface area contributed by atoms with Crippen LogP contribution in [0.4, 0.5) is 5.69 Å². The fraction of sp³-hybridized carbons (Fsp3) is 0.154. The van der Waals surface area contributed by atoms with E-state index in [9.17, 15) is 14.9 Å². The maximum Gasteiger partial charge on any atom is 0.283 e. The Labute approximate surface area is 117 Å². The Kier molecular flexibility index (Phi) is 3.80. The van der Waals surface area contributed by atoms with Gasteiger partial charge < -0.3 is 4.57 Å².